The molecule has 0 aliphatic carbocycles. The molecule has 20 heavy (non-hydrogen) atoms. The third-order valence-electron chi connectivity index (χ3n) is 3.70. The molecule has 1 aromatic heterocycles. The van der Waals surface area contributed by atoms with Gasteiger partial charge < -0.3 is 9.30 Å². The molecule has 2 heteroatoms. The summed E-state index contributed by atoms with van der Waals surface area (Å²) in [5.41, 5.74) is 2.68. The fourth-order valence-electron chi connectivity index (χ4n) is 2.58. The predicted octanol–water partition coefficient (Wildman–Crippen LogP) is 4.28. The summed E-state index contributed by atoms with van der Waals surface area (Å²) in [6, 6.07) is 19.1. The Balaban J connectivity index is 1.62. The number of nitrogens with zero attached hydrogens (tertiary/aromatic N) is 1. The van der Waals surface area contributed by atoms with Gasteiger partial charge in [-0.3, -0.25) is 0 Å². The molecule has 0 spiro atoms. The number of benzene rings is 2. The van der Waals surface area contributed by atoms with E-state index < -0.39 is 0 Å². The molecular formula is C18H19NO. The molecule has 0 amide bonds. The first-order valence-electron chi connectivity index (χ1n) is 7.03. The van der Waals surface area contributed by atoms with Crippen molar-refractivity contribution in [2.45, 2.75) is 19.4 Å². The number of hydrogen-bond donors (Lipinski definition) is 0. The zero-order valence-electron chi connectivity index (χ0n) is 11.8. The Morgan fingerprint density at radius 3 is 2.55 bits per heavy atom. The quantitative estimate of drug-likeness (QED) is 0.671. The van der Waals surface area contributed by atoms with Gasteiger partial charge in [0.25, 0.3) is 0 Å². The SMILES string of the molecule is COc1ccc(CCCn2ccc3ccccc32)cc1. The third-order valence-corrected chi connectivity index (χ3v) is 3.70. The molecule has 0 bridgehead atoms. The Labute approximate surface area is 119 Å². The van der Waals surface area contributed by atoms with Crippen molar-refractivity contribution in [2.75, 3.05) is 7.11 Å². The number of fused-ring (bicyclic) bond motifs is 1. The zero-order chi connectivity index (χ0) is 13.8. The highest BCUT2D eigenvalue weighted by Crippen LogP contribution is 2.17. The van der Waals surface area contributed by atoms with E-state index in [4.69, 9.17) is 4.74 Å². The van der Waals surface area contributed by atoms with Gasteiger partial charge in [0.05, 0.1) is 7.11 Å². The zero-order valence-corrected chi connectivity index (χ0v) is 11.8. The maximum atomic E-state index is 5.18. The summed E-state index contributed by atoms with van der Waals surface area (Å²) in [4.78, 5) is 0. The minimum absolute atomic E-state index is 0.921. The summed E-state index contributed by atoms with van der Waals surface area (Å²) >= 11 is 0. The Morgan fingerprint density at radius 1 is 0.950 bits per heavy atom. The Kier molecular flexibility index (Phi) is 3.73. The highest BCUT2D eigenvalue weighted by Gasteiger charge is 2.00. The Hall–Kier alpha value is -2.22. The molecule has 2 nitrogen and oxygen atoms in total. The second-order valence-electron chi connectivity index (χ2n) is 5.02. The summed E-state index contributed by atoms with van der Waals surface area (Å²) in [5, 5.41) is 1.32. The second-order valence-corrected chi connectivity index (χ2v) is 5.02. The molecule has 0 radical (unpaired) electrons. The molecule has 0 atom stereocenters. The Morgan fingerprint density at radius 2 is 1.75 bits per heavy atom. The van der Waals surface area contributed by atoms with Gasteiger partial charge in [0.2, 0.25) is 0 Å². The molecule has 102 valence electrons. The van der Waals surface area contributed by atoms with E-state index in [2.05, 4.69) is 53.2 Å². The van der Waals surface area contributed by atoms with Crippen LogP contribution in [-0.4, -0.2) is 11.7 Å². The van der Waals surface area contributed by atoms with Crippen LogP contribution in [0, 0.1) is 0 Å². The lowest BCUT2D eigenvalue weighted by molar-refractivity contribution is 0.414. The number of ether oxygens (including phenoxy) is 1. The van der Waals surface area contributed by atoms with Crippen LogP contribution in [0.5, 0.6) is 5.75 Å². The first-order valence-corrected chi connectivity index (χ1v) is 7.03. The highest BCUT2D eigenvalue weighted by molar-refractivity contribution is 5.79. The minimum Gasteiger partial charge on any atom is -0.497 e. The topological polar surface area (TPSA) is 14.2 Å². The van der Waals surface area contributed by atoms with E-state index in [0.717, 1.165) is 25.1 Å². The van der Waals surface area contributed by atoms with Crippen molar-refractivity contribution >= 4 is 10.9 Å². The molecule has 0 saturated carbocycles. The normalized spacial score (nSPS) is 10.8. The molecule has 2 aromatic carbocycles. The van der Waals surface area contributed by atoms with Crippen molar-refractivity contribution in [3.05, 3.63) is 66.4 Å². The second kappa shape index (κ2) is 5.83. The van der Waals surface area contributed by atoms with Gasteiger partial charge in [-0.1, -0.05) is 30.3 Å². The van der Waals surface area contributed by atoms with Gasteiger partial charge in [-0.15, -0.1) is 0 Å². The number of para-hydroxylation sites is 1. The van der Waals surface area contributed by atoms with Crippen LogP contribution in [0.4, 0.5) is 0 Å². The smallest absolute Gasteiger partial charge is 0.118 e. The van der Waals surface area contributed by atoms with E-state index in [-0.39, 0.29) is 0 Å². The van der Waals surface area contributed by atoms with Crippen molar-refractivity contribution in [1.82, 2.24) is 4.57 Å². The van der Waals surface area contributed by atoms with Gasteiger partial charge >= 0.3 is 0 Å². The number of aromatic nitrogens is 1. The third kappa shape index (κ3) is 2.69. The first kappa shape index (κ1) is 12.8. The number of hydrogen-bond acceptors (Lipinski definition) is 1. The van der Waals surface area contributed by atoms with Crippen molar-refractivity contribution in [3.8, 4) is 5.75 Å². The van der Waals surface area contributed by atoms with Crippen molar-refractivity contribution in [2.24, 2.45) is 0 Å². The summed E-state index contributed by atoms with van der Waals surface area (Å²) in [6.07, 6.45) is 4.42. The van der Waals surface area contributed by atoms with Crippen LogP contribution in [0.15, 0.2) is 60.8 Å². The monoisotopic (exact) mass is 265 g/mol. The summed E-state index contributed by atoms with van der Waals surface area (Å²) in [7, 11) is 1.70. The van der Waals surface area contributed by atoms with Gasteiger partial charge in [0.1, 0.15) is 5.75 Å². The van der Waals surface area contributed by atoms with Crippen LogP contribution < -0.4 is 4.74 Å². The number of methoxy groups -OCH3 is 1. The maximum Gasteiger partial charge on any atom is 0.118 e. The molecule has 3 aromatic rings. The van der Waals surface area contributed by atoms with Crippen molar-refractivity contribution in [1.29, 1.82) is 0 Å². The van der Waals surface area contributed by atoms with Crippen LogP contribution in [-0.2, 0) is 13.0 Å². The van der Waals surface area contributed by atoms with E-state index in [1.54, 1.807) is 7.11 Å². The lowest BCUT2D eigenvalue weighted by Gasteiger charge is -2.06. The summed E-state index contributed by atoms with van der Waals surface area (Å²) in [6.45, 7) is 1.06. The van der Waals surface area contributed by atoms with Gasteiger partial charge in [0, 0.05) is 18.3 Å². The predicted molar refractivity (Wildman–Crippen MR) is 83.3 cm³/mol. The van der Waals surface area contributed by atoms with Crippen LogP contribution >= 0.6 is 0 Å². The van der Waals surface area contributed by atoms with Gasteiger partial charge in [-0.05, 0) is 48.1 Å². The summed E-state index contributed by atoms with van der Waals surface area (Å²) in [5.74, 6) is 0.921. The Bertz CT molecular complexity index is 682. The molecule has 0 saturated heterocycles. The average Bonchev–Trinajstić information content (AvgIpc) is 2.92. The molecule has 3 rings (SSSR count). The fraction of sp³-hybridized carbons (Fsp3) is 0.222. The van der Waals surface area contributed by atoms with Crippen LogP contribution in [0.1, 0.15) is 12.0 Å². The molecule has 1 heterocycles. The van der Waals surface area contributed by atoms with E-state index in [9.17, 15) is 0 Å². The van der Waals surface area contributed by atoms with E-state index >= 15 is 0 Å². The maximum absolute atomic E-state index is 5.18. The van der Waals surface area contributed by atoms with Crippen LogP contribution in [0.2, 0.25) is 0 Å². The van der Waals surface area contributed by atoms with Crippen LogP contribution in [0.25, 0.3) is 10.9 Å². The van der Waals surface area contributed by atoms with Crippen molar-refractivity contribution < 1.29 is 4.74 Å². The number of rotatable bonds is 5. The molecule has 0 N–H and O–H groups in total. The molecule has 0 aliphatic rings. The lowest BCUT2D eigenvalue weighted by Crippen LogP contribution is -1.98. The molecule has 0 fully saturated rings. The highest BCUT2D eigenvalue weighted by atomic mass is 16.5. The standard InChI is InChI=1S/C18H19NO/c1-20-17-10-8-15(9-11-17)5-4-13-19-14-12-16-6-2-3-7-18(16)19/h2-3,6-12,14H,4-5,13H2,1H3. The van der Waals surface area contributed by atoms with Crippen LogP contribution in [0.3, 0.4) is 0 Å². The van der Waals surface area contributed by atoms with Gasteiger partial charge in [-0.2, -0.15) is 0 Å². The first-order chi connectivity index (χ1) is 9.86. The van der Waals surface area contributed by atoms with E-state index in [1.807, 2.05) is 12.1 Å². The fourth-order valence-corrected chi connectivity index (χ4v) is 2.58. The van der Waals surface area contributed by atoms with Gasteiger partial charge in [-0.25, -0.2) is 0 Å². The van der Waals surface area contributed by atoms with E-state index in [1.165, 1.54) is 16.5 Å². The largest absolute Gasteiger partial charge is 0.497 e. The lowest BCUT2D eigenvalue weighted by atomic mass is 10.1. The molecule has 0 aliphatic heterocycles. The summed E-state index contributed by atoms with van der Waals surface area (Å²) < 4.78 is 7.51. The number of aryl methyl sites for hydroxylation is 2. The molecular weight excluding hydrogens is 246 g/mol. The molecule has 0 unspecified atom stereocenters. The average molecular weight is 265 g/mol. The van der Waals surface area contributed by atoms with Gasteiger partial charge in [0.15, 0.2) is 0 Å². The van der Waals surface area contributed by atoms with E-state index in [0.29, 0.717) is 0 Å². The van der Waals surface area contributed by atoms with Crippen molar-refractivity contribution in [3.63, 3.8) is 0 Å². The minimum atomic E-state index is 0.921.